The van der Waals surface area contributed by atoms with Crippen LogP contribution >= 0.6 is 23.5 Å². The molecule has 0 aliphatic heterocycles. The molecule has 2 aliphatic carbocycles. The third-order valence-electron chi connectivity index (χ3n) is 5.10. The Morgan fingerprint density at radius 1 is 1.15 bits per heavy atom. The van der Waals surface area contributed by atoms with E-state index in [4.69, 9.17) is 11.6 Å². The second-order valence-corrected chi connectivity index (χ2v) is 8.88. The molecule has 1 amide bonds. The van der Waals surface area contributed by atoms with Gasteiger partial charge in [-0.05, 0) is 81.1 Å². The molecular formula is C24H29ClN6OS. The number of benzene rings is 1. The number of hydrogen-bond donors (Lipinski definition) is 3. The van der Waals surface area contributed by atoms with Gasteiger partial charge < -0.3 is 15.5 Å². The molecule has 2 aliphatic rings. The highest BCUT2D eigenvalue weighted by Crippen LogP contribution is 2.22. The van der Waals surface area contributed by atoms with E-state index >= 15 is 0 Å². The van der Waals surface area contributed by atoms with Crippen molar-refractivity contribution in [2.24, 2.45) is 10.2 Å². The van der Waals surface area contributed by atoms with Gasteiger partial charge in [-0.2, -0.15) is 10.2 Å². The molecule has 0 heterocycles. The summed E-state index contributed by atoms with van der Waals surface area (Å²) in [7, 11) is 1.85. The molecular weight excluding hydrogens is 456 g/mol. The number of carbonyl (C=O) groups excluding carboxylic acids is 1. The minimum Gasteiger partial charge on any atom is -0.388 e. The summed E-state index contributed by atoms with van der Waals surface area (Å²) in [5.41, 5.74) is 7.09. The molecule has 0 aromatic heterocycles. The average molecular weight is 485 g/mol. The quantitative estimate of drug-likeness (QED) is 0.150. The molecule has 1 aromatic carbocycles. The largest absolute Gasteiger partial charge is 0.388 e. The number of allylic oxidation sites excluding steroid dienone is 4. The lowest BCUT2D eigenvalue weighted by Crippen LogP contribution is -2.34. The fourth-order valence-corrected chi connectivity index (χ4v) is 3.96. The van der Waals surface area contributed by atoms with E-state index in [0.29, 0.717) is 23.5 Å². The zero-order chi connectivity index (χ0) is 23.6. The van der Waals surface area contributed by atoms with Crippen LogP contribution < -0.4 is 20.5 Å². The molecule has 2 unspecified atom stereocenters. The third kappa shape index (κ3) is 7.27. The number of alkyl halides is 1. The van der Waals surface area contributed by atoms with Crippen LogP contribution in [0.5, 0.6) is 0 Å². The predicted octanol–water partition coefficient (Wildman–Crippen LogP) is 4.47. The Kier molecular flexibility index (Phi) is 9.21. The van der Waals surface area contributed by atoms with E-state index < -0.39 is 0 Å². The summed E-state index contributed by atoms with van der Waals surface area (Å²) in [5, 5.41) is 13.0. The lowest BCUT2D eigenvalue weighted by atomic mass is 10.1. The summed E-state index contributed by atoms with van der Waals surface area (Å²) in [6.45, 7) is 3.64. The average Bonchev–Trinajstić information content (AvgIpc) is 2.85. The first kappa shape index (κ1) is 24.7. The van der Waals surface area contributed by atoms with E-state index in [2.05, 4.69) is 43.9 Å². The first-order chi connectivity index (χ1) is 16.0. The molecule has 1 aromatic rings. The summed E-state index contributed by atoms with van der Waals surface area (Å²) in [6, 6.07) is 7.50. The molecule has 0 saturated carbocycles. The molecule has 9 heteroatoms. The highest BCUT2D eigenvalue weighted by molar-refractivity contribution is 7.97. The number of nitrogens with one attached hydrogen (secondary N) is 3. The van der Waals surface area contributed by atoms with Crippen molar-refractivity contribution in [3.63, 3.8) is 0 Å². The normalized spacial score (nSPS) is 20.6. The molecule has 174 valence electrons. The Balaban J connectivity index is 1.59. The van der Waals surface area contributed by atoms with Crippen molar-refractivity contribution in [1.29, 1.82) is 0 Å². The SMILES string of the molecule is CNC1=CC(Cl)C(N/N=C(C)/C(C)=N\N(C=O)c2ccc(SNC3=CCCC=C3)cc2)C=C1. The van der Waals surface area contributed by atoms with Crippen molar-refractivity contribution in [3.05, 3.63) is 72.1 Å². The Morgan fingerprint density at radius 2 is 1.94 bits per heavy atom. The maximum absolute atomic E-state index is 11.7. The lowest BCUT2D eigenvalue weighted by molar-refractivity contribution is -0.107. The first-order valence-corrected chi connectivity index (χ1v) is 12.0. The molecule has 0 bridgehead atoms. The Labute approximate surface area is 204 Å². The van der Waals surface area contributed by atoms with Crippen molar-refractivity contribution >= 4 is 47.1 Å². The van der Waals surface area contributed by atoms with Gasteiger partial charge in [0.05, 0.1) is 28.5 Å². The standard InChI is InChI=1S/C24H29ClN6OS/c1-17(27-28-24-14-9-20(26-3)15-23(24)25)18(2)29-31(16-32)21-10-12-22(13-11-21)33-30-19-7-5-4-6-8-19/h5,7-16,23-24,26,28,30H,4,6H2,1-3H3/b27-17+,29-18-. The maximum atomic E-state index is 11.7. The topological polar surface area (TPSA) is 81.1 Å². The van der Waals surface area contributed by atoms with Crippen LogP contribution in [0.4, 0.5) is 5.69 Å². The summed E-state index contributed by atoms with van der Waals surface area (Å²) in [4.78, 5) is 12.7. The number of carbonyl (C=O) groups is 1. The van der Waals surface area contributed by atoms with Crippen molar-refractivity contribution in [1.82, 2.24) is 15.5 Å². The highest BCUT2D eigenvalue weighted by Gasteiger charge is 2.18. The van der Waals surface area contributed by atoms with Crippen LogP contribution in [-0.4, -0.2) is 36.3 Å². The van der Waals surface area contributed by atoms with Crippen LogP contribution in [0.25, 0.3) is 0 Å². The predicted molar refractivity (Wildman–Crippen MR) is 140 cm³/mol. The zero-order valence-corrected chi connectivity index (χ0v) is 20.5. The number of hydrogen-bond acceptors (Lipinski definition) is 7. The number of hydrazone groups is 2. The van der Waals surface area contributed by atoms with Gasteiger partial charge >= 0.3 is 0 Å². The van der Waals surface area contributed by atoms with Crippen molar-refractivity contribution in [2.75, 3.05) is 12.1 Å². The lowest BCUT2D eigenvalue weighted by Gasteiger charge is -2.21. The van der Waals surface area contributed by atoms with E-state index in [0.717, 1.165) is 29.1 Å². The minimum absolute atomic E-state index is 0.132. The number of likely N-dealkylation sites (N-methyl/N-ethyl adjacent to an activating group) is 1. The van der Waals surface area contributed by atoms with Crippen molar-refractivity contribution in [3.8, 4) is 0 Å². The van der Waals surface area contributed by atoms with E-state index in [1.807, 2.05) is 63.4 Å². The summed E-state index contributed by atoms with van der Waals surface area (Å²) >= 11 is 7.92. The van der Waals surface area contributed by atoms with Crippen LogP contribution in [0.15, 0.2) is 87.2 Å². The van der Waals surface area contributed by atoms with Crippen molar-refractivity contribution in [2.45, 2.75) is 43.0 Å². The van der Waals surface area contributed by atoms with E-state index in [-0.39, 0.29) is 11.4 Å². The number of amides is 1. The first-order valence-electron chi connectivity index (χ1n) is 10.7. The minimum atomic E-state index is -0.228. The Bertz CT molecular complexity index is 1010. The molecule has 0 spiro atoms. The smallest absolute Gasteiger partial charge is 0.234 e. The third-order valence-corrected chi connectivity index (χ3v) is 6.34. The maximum Gasteiger partial charge on any atom is 0.234 e. The van der Waals surface area contributed by atoms with E-state index in [1.54, 1.807) is 0 Å². The molecule has 33 heavy (non-hydrogen) atoms. The van der Waals surface area contributed by atoms with Crippen LogP contribution in [-0.2, 0) is 4.79 Å². The van der Waals surface area contributed by atoms with Crippen LogP contribution in [0, 0.1) is 0 Å². The van der Waals surface area contributed by atoms with Gasteiger partial charge in [-0.15, -0.1) is 11.6 Å². The molecule has 7 nitrogen and oxygen atoms in total. The van der Waals surface area contributed by atoms with Gasteiger partial charge in [0, 0.05) is 23.3 Å². The summed E-state index contributed by atoms with van der Waals surface area (Å²) in [5.74, 6) is 0. The molecule has 2 atom stereocenters. The molecule has 3 rings (SSSR count). The Morgan fingerprint density at radius 3 is 2.58 bits per heavy atom. The number of anilines is 1. The monoisotopic (exact) mass is 484 g/mol. The van der Waals surface area contributed by atoms with Crippen LogP contribution in [0.3, 0.4) is 0 Å². The van der Waals surface area contributed by atoms with Gasteiger partial charge in [0.1, 0.15) is 0 Å². The van der Waals surface area contributed by atoms with E-state index in [1.165, 1.54) is 17.0 Å². The van der Waals surface area contributed by atoms with Gasteiger partial charge in [-0.3, -0.25) is 4.79 Å². The number of nitrogens with zero attached hydrogens (tertiary/aromatic N) is 3. The fraction of sp³-hybridized carbons (Fsp3) is 0.292. The van der Waals surface area contributed by atoms with Crippen LogP contribution in [0.2, 0.25) is 0 Å². The molecule has 0 radical (unpaired) electrons. The second-order valence-electron chi connectivity index (χ2n) is 7.50. The molecule has 3 N–H and O–H groups in total. The van der Waals surface area contributed by atoms with E-state index in [9.17, 15) is 4.79 Å². The highest BCUT2D eigenvalue weighted by atomic mass is 35.5. The van der Waals surface area contributed by atoms with Gasteiger partial charge in [0.25, 0.3) is 0 Å². The number of rotatable bonds is 10. The van der Waals surface area contributed by atoms with Crippen LogP contribution in [0.1, 0.15) is 26.7 Å². The zero-order valence-electron chi connectivity index (χ0n) is 19.0. The molecule has 0 saturated heterocycles. The Hall–Kier alpha value is -2.97. The van der Waals surface area contributed by atoms with Gasteiger partial charge in [0.15, 0.2) is 0 Å². The van der Waals surface area contributed by atoms with Crippen molar-refractivity contribution < 1.29 is 4.79 Å². The number of halogens is 1. The fourth-order valence-electron chi connectivity index (χ4n) is 3.03. The summed E-state index contributed by atoms with van der Waals surface area (Å²) < 4.78 is 3.33. The van der Waals surface area contributed by atoms with Gasteiger partial charge in [-0.1, -0.05) is 18.2 Å². The second kappa shape index (κ2) is 12.3. The summed E-state index contributed by atoms with van der Waals surface area (Å²) in [6.07, 6.45) is 15.1. The molecule has 0 fully saturated rings. The van der Waals surface area contributed by atoms with Gasteiger partial charge in [0.2, 0.25) is 6.41 Å². The van der Waals surface area contributed by atoms with Gasteiger partial charge in [-0.25, -0.2) is 5.01 Å².